The molecule has 1 aromatic rings. The normalized spacial score (nSPS) is 15.5. The highest BCUT2D eigenvalue weighted by molar-refractivity contribution is 5.24. The van der Waals surface area contributed by atoms with Gasteiger partial charge in [0.15, 0.2) is 0 Å². The summed E-state index contributed by atoms with van der Waals surface area (Å²) in [4.78, 5) is 0. The van der Waals surface area contributed by atoms with Gasteiger partial charge in [-0.2, -0.15) is 0 Å². The van der Waals surface area contributed by atoms with E-state index in [-0.39, 0.29) is 5.54 Å². The summed E-state index contributed by atoms with van der Waals surface area (Å²) in [7, 11) is 0. The molecule has 15 heavy (non-hydrogen) atoms. The summed E-state index contributed by atoms with van der Waals surface area (Å²) in [6.07, 6.45) is 6.17. The molecule has 0 saturated carbocycles. The average molecular weight is 203 g/mol. The second-order valence-corrected chi connectivity index (χ2v) is 4.48. The number of hydrogen-bond acceptors (Lipinski definition) is 1. The van der Waals surface area contributed by atoms with E-state index in [2.05, 4.69) is 57.2 Å². The fraction of sp³-hybridized carbons (Fsp3) is 0.429. The zero-order valence-electron chi connectivity index (χ0n) is 9.96. The van der Waals surface area contributed by atoms with Crippen molar-refractivity contribution in [1.82, 2.24) is 0 Å². The average Bonchev–Trinajstić information content (AvgIpc) is 2.18. The number of rotatable bonds is 4. The fourth-order valence-corrected chi connectivity index (χ4v) is 1.59. The van der Waals surface area contributed by atoms with Gasteiger partial charge in [-0.1, -0.05) is 48.9 Å². The molecule has 0 aliphatic rings. The van der Waals surface area contributed by atoms with Crippen molar-refractivity contribution in [3.8, 4) is 0 Å². The summed E-state index contributed by atoms with van der Waals surface area (Å²) in [5.41, 5.74) is 8.55. The Kier molecular flexibility index (Phi) is 4.10. The molecule has 1 atom stereocenters. The minimum Gasteiger partial charge on any atom is -0.322 e. The molecular formula is C14H21N. The van der Waals surface area contributed by atoms with Crippen LogP contribution in [0.1, 0.15) is 31.4 Å². The highest BCUT2D eigenvalue weighted by Crippen LogP contribution is 2.13. The lowest BCUT2D eigenvalue weighted by molar-refractivity contribution is 0.580. The predicted molar refractivity (Wildman–Crippen MR) is 66.9 cm³/mol. The minimum absolute atomic E-state index is 0.231. The van der Waals surface area contributed by atoms with E-state index >= 15 is 0 Å². The third-order valence-corrected chi connectivity index (χ3v) is 2.44. The molecule has 1 heteroatoms. The molecule has 0 amide bonds. The highest BCUT2D eigenvalue weighted by atomic mass is 14.7. The lowest BCUT2D eigenvalue weighted by Gasteiger charge is -2.20. The number of nitrogens with two attached hydrogens (primary N) is 1. The van der Waals surface area contributed by atoms with Crippen LogP contribution in [-0.4, -0.2) is 5.54 Å². The smallest absolute Gasteiger partial charge is 0.0351 e. The van der Waals surface area contributed by atoms with Gasteiger partial charge in [-0.05, 0) is 32.3 Å². The van der Waals surface area contributed by atoms with Crippen LogP contribution in [-0.2, 0) is 6.42 Å². The third kappa shape index (κ3) is 4.30. The van der Waals surface area contributed by atoms with Gasteiger partial charge < -0.3 is 5.73 Å². The van der Waals surface area contributed by atoms with Crippen molar-refractivity contribution >= 4 is 0 Å². The summed E-state index contributed by atoms with van der Waals surface area (Å²) in [5, 5.41) is 0. The molecule has 1 rings (SSSR count). The SMILES string of the molecule is CC/C=C\C(C)(N)Cc1ccc(C)cc1. The lowest BCUT2D eigenvalue weighted by atomic mass is 9.93. The quantitative estimate of drug-likeness (QED) is 0.747. The molecule has 0 spiro atoms. The summed E-state index contributed by atoms with van der Waals surface area (Å²) >= 11 is 0. The van der Waals surface area contributed by atoms with E-state index in [0.717, 1.165) is 12.8 Å². The van der Waals surface area contributed by atoms with Crippen LogP contribution in [0.15, 0.2) is 36.4 Å². The molecule has 0 saturated heterocycles. The van der Waals surface area contributed by atoms with Gasteiger partial charge in [-0.3, -0.25) is 0 Å². The molecule has 0 aliphatic heterocycles. The van der Waals surface area contributed by atoms with E-state index in [9.17, 15) is 0 Å². The second-order valence-electron chi connectivity index (χ2n) is 4.48. The zero-order chi connectivity index (χ0) is 11.3. The largest absolute Gasteiger partial charge is 0.322 e. The van der Waals surface area contributed by atoms with Crippen LogP contribution >= 0.6 is 0 Å². The first kappa shape index (κ1) is 12.0. The fourth-order valence-electron chi connectivity index (χ4n) is 1.59. The second kappa shape index (κ2) is 5.13. The van der Waals surface area contributed by atoms with Crippen molar-refractivity contribution in [3.05, 3.63) is 47.5 Å². The number of benzene rings is 1. The summed E-state index contributed by atoms with van der Waals surface area (Å²) in [6.45, 7) is 6.29. The molecular weight excluding hydrogens is 182 g/mol. The third-order valence-electron chi connectivity index (χ3n) is 2.44. The Balaban J connectivity index is 2.68. The van der Waals surface area contributed by atoms with Crippen LogP contribution in [0.25, 0.3) is 0 Å². The summed E-state index contributed by atoms with van der Waals surface area (Å²) < 4.78 is 0. The maximum absolute atomic E-state index is 6.19. The molecule has 1 nitrogen and oxygen atoms in total. The molecule has 0 bridgehead atoms. The van der Waals surface area contributed by atoms with E-state index in [0.29, 0.717) is 0 Å². The number of aryl methyl sites for hydroxylation is 1. The Morgan fingerprint density at radius 3 is 2.40 bits per heavy atom. The molecule has 0 aromatic heterocycles. The van der Waals surface area contributed by atoms with E-state index < -0.39 is 0 Å². The van der Waals surface area contributed by atoms with Crippen LogP contribution < -0.4 is 5.73 Å². The topological polar surface area (TPSA) is 26.0 Å². The van der Waals surface area contributed by atoms with Crippen LogP contribution in [0, 0.1) is 6.92 Å². The molecule has 0 heterocycles. The number of allylic oxidation sites excluding steroid dienone is 1. The van der Waals surface area contributed by atoms with Crippen LogP contribution in [0.5, 0.6) is 0 Å². The molecule has 1 aromatic carbocycles. The van der Waals surface area contributed by atoms with E-state index in [1.165, 1.54) is 11.1 Å². The monoisotopic (exact) mass is 203 g/mol. The van der Waals surface area contributed by atoms with Gasteiger partial charge in [0.05, 0.1) is 0 Å². The van der Waals surface area contributed by atoms with Crippen molar-refractivity contribution in [2.45, 2.75) is 39.2 Å². The Morgan fingerprint density at radius 1 is 1.27 bits per heavy atom. The Morgan fingerprint density at radius 2 is 1.87 bits per heavy atom. The molecule has 1 unspecified atom stereocenters. The first-order chi connectivity index (χ1) is 7.03. The van der Waals surface area contributed by atoms with Crippen molar-refractivity contribution in [1.29, 1.82) is 0 Å². The van der Waals surface area contributed by atoms with E-state index in [1.54, 1.807) is 0 Å². The van der Waals surface area contributed by atoms with Crippen molar-refractivity contribution in [2.75, 3.05) is 0 Å². The van der Waals surface area contributed by atoms with Crippen molar-refractivity contribution in [2.24, 2.45) is 5.73 Å². The molecule has 2 N–H and O–H groups in total. The first-order valence-corrected chi connectivity index (χ1v) is 5.55. The number of hydrogen-bond donors (Lipinski definition) is 1. The molecule has 0 radical (unpaired) electrons. The maximum atomic E-state index is 6.19. The Hall–Kier alpha value is -1.08. The predicted octanol–water partition coefficient (Wildman–Crippen LogP) is 3.22. The van der Waals surface area contributed by atoms with Crippen LogP contribution in [0.4, 0.5) is 0 Å². The van der Waals surface area contributed by atoms with Gasteiger partial charge >= 0.3 is 0 Å². The Labute approximate surface area is 93.0 Å². The standard InChI is InChI=1S/C14H21N/c1-4-5-10-14(3,15)11-13-8-6-12(2)7-9-13/h5-10H,4,11,15H2,1-3H3/b10-5-. The van der Waals surface area contributed by atoms with Gasteiger partial charge in [0, 0.05) is 5.54 Å². The van der Waals surface area contributed by atoms with Gasteiger partial charge in [0.2, 0.25) is 0 Å². The molecule has 0 aliphatic carbocycles. The highest BCUT2D eigenvalue weighted by Gasteiger charge is 2.14. The summed E-state index contributed by atoms with van der Waals surface area (Å²) in [5.74, 6) is 0. The first-order valence-electron chi connectivity index (χ1n) is 5.55. The van der Waals surface area contributed by atoms with Crippen molar-refractivity contribution < 1.29 is 0 Å². The zero-order valence-corrected chi connectivity index (χ0v) is 9.96. The lowest BCUT2D eigenvalue weighted by Crippen LogP contribution is -2.36. The molecule has 82 valence electrons. The van der Waals surface area contributed by atoms with Crippen molar-refractivity contribution in [3.63, 3.8) is 0 Å². The van der Waals surface area contributed by atoms with Gasteiger partial charge in [-0.25, -0.2) is 0 Å². The van der Waals surface area contributed by atoms with Gasteiger partial charge in [0.1, 0.15) is 0 Å². The molecule has 0 fully saturated rings. The maximum Gasteiger partial charge on any atom is 0.0351 e. The van der Waals surface area contributed by atoms with E-state index in [1.807, 2.05) is 0 Å². The van der Waals surface area contributed by atoms with Crippen LogP contribution in [0.3, 0.4) is 0 Å². The van der Waals surface area contributed by atoms with Gasteiger partial charge in [-0.15, -0.1) is 0 Å². The summed E-state index contributed by atoms with van der Waals surface area (Å²) in [6, 6.07) is 8.57. The van der Waals surface area contributed by atoms with E-state index in [4.69, 9.17) is 5.73 Å². The van der Waals surface area contributed by atoms with Crippen LogP contribution in [0.2, 0.25) is 0 Å². The Bertz CT molecular complexity index is 320. The van der Waals surface area contributed by atoms with Gasteiger partial charge in [0.25, 0.3) is 0 Å². The minimum atomic E-state index is -0.231.